The molecule has 1 aromatic carbocycles. The van der Waals surface area contributed by atoms with Crippen molar-refractivity contribution < 1.29 is 9.18 Å². The minimum absolute atomic E-state index is 0.0723. The van der Waals surface area contributed by atoms with E-state index in [1.165, 1.54) is 11.0 Å². The first-order valence-corrected chi connectivity index (χ1v) is 8.08. The normalized spacial score (nSPS) is 13.0. The molecule has 1 heterocycles. The Labute approximate surface area is 139 Å². The maximum Gasteiger partial charge on any atom is 0.244 e. The Morgan fingerprint density at radius 2 is 2.22 bits per heavy atom. The number of aromatic nitrogens is 2. The van der Waals surface area contributed by atoms with Crippen LogP contribution in [0.5, 0.6) is 0 Å². The average molecular weight is 334 g/mol. The van der Waals surface area contributed by atoms with E-state index in [1.54, 1.807) is 12.3 Å². The predicted octanol–water partition coefficient (Wildman–Crippen LogP) is 3.18. The maximum atomic E-state index is 14.1. The topological polar surface area (TPSA) is 46.1 Å². The number of amides is 1. The summed E-state index contributed by atoms with van der Waals surface area (Å²) in [6.07, 6.45) is 4.65. The number of anilines is 1. The Bertz CT molecular complexity index is 730. The molecule has 4 nitrogen and oxygen atoms in total. The number of aryl methyl sites for hydroxylation is 3. The van der Waals surface area contributed by atoms with Gasteiger partial charge >= 0.3 is 0 Å². The van der Waals surface area contributed by atoms with Crippen molar-refractivity contribution in [2.75, 3.05) is 10.8 Å². The van der Waals surface area contributed by atoms with Gasteiger partial charge in [-0.15, -0.1) is 11.6 Å². The van der Waals surface area contributed by atoms with Crippen LogP contribution < -0.4 is 4.90 Å². The van der Waals surface area contributed by atoms with Gasteiger partial charge in [0.1, 0.15) is 11.7 Å². The van der Waals surface area contributed by atoms with Crippen molar-refractivity contribution in [3.8, 4) is 0 Å². The number of alkyl halides is 1. The number of carbonyl (C=O) groups is 1. The van der Waals surface area contributed by atoms with Gasteiger partial charge in [-0.25, -0.2) is 14.4 Å². The third-order valence-corrected chi connectivity index (χ3v) is 4.36. The Kier molecular flexibility index (Phi) is 4.57. The summed E-state index contributed by atoms with van der Waals surface area (Å²) in [5, 5.41) is 0. The lowest BCUT2D eigenvalue weighted by atomic mass is 10.1. The van der Waals surface area contributed by atoms with Gasteiger partial charge in [0.15, 0.2) is 0 Å². The molecule has 6 heteroatoms. The summed E-state index contributed by atoms with van der Waals surface area (Å²) in [5.41, 5.74) is 3.32. The third-order valence-electron chi connectivity index (χ3n) is 4.13. The van der Waals surface area contributed by atoms with E-state index < -0.39 is 0 Å². The summed E-state index contributed by atoms with van der Waals surface area (Å²) in [6.45, 7) is 1.88. The van der Waals surface area contributed by atoms with Crippen LogP contribution in [-0.4, -0.2) is 21.8 Å². The van der Waals surface area contributed by atoms with E-state index in [0.29, 0.717) is 11.5 Å². The van der Waals surface area contributed by atoms with Gasteiger partial charge in [0.25, 0.3) is 0 Å². The fraction of sp³-hybridized carbons (Fsp3) is 0.353. The van der Waals surface area contributed by atoms with Crippen molar-refractivity contribution in [3.63, 3.8) is 0 Å². The molecule has 1 aromatic heterocycles. The number of rotatable bonds is 4. The zero-order chi connectivity index (χ0) is 16.4. The number of halogens is 2. The van der Waals surface area contributed by atoms with Gasteiger partial charge in [0.2, 0.25) is 11.9 Å². The molecule has 0 bridgehead atoms. The molecular weight excluding hydrogens is 317 g/mol. The third kappa shape index (κ3) is 3.20. The fourth-order valence-electron chi connectivity index (χ4n) is 2.80. The van der Waals surface area contributed by atoms with Gasteiger partial charge in [0.05, 0.1) is 6.54 Å². The van der Waals surface area contributed by atoms with Crippen molar-refractivity contribution in [3.05, 3.63) is 52.6 Å². The van der Waals surface area contributed by atoms with Gasteiger partial charge < -0.3 is 0 Å². The molecule has 1 amide bonds. The molecule has 0 saturated carbocycles. The van der Waals surface area contributed by atoms with Crippen LogP contribution in [-0.2, 0) is 24.2 Å². The molecule has 120 valence electrons. The first kappa shape index (κ1) is 15.9. The highest BCUT2D eigenvalue weighted by Crippen LogP contribution is 2.23. The monoisotopic (exact) mass is 333 g/mol. The van der Waals surface area contributed by atoms with E-state index in [2.05, 4.69) is 9.97 Å². The Balaban J connectivity index is 1.97. The van der Waals surface area contributed by atoms with Crippen LogP contribution in [0.4, 0.5) is 10.3 Å². The number of hydrogen-bond donors (Lipinski definition) is 0. The SMILES string of the molecule is Cc1cccc(F)c1CN(C(=O)CCl)c1ncc2c(n1)CCC2. The summed E-state index contributed by atoms with van der Waals surface area (Å²) in [5.74, 6) is -0.599. The van der Waals surface area contributed by atoms with Crippen LogP contribution in [0.1, 0.15) is 28.8 Å². The van der Waals surface area contributed by atoms with Crippen molar-refractivity contribution >= 4 is 23.5 Å². The number of hydrogen-bond acceptors (Lipinski definition) is 3. The first-order chi connectivity index (χ1) is 11.1. The smallest absolute Gasteiger partial charge is 0.244 e. The lowest BCUT2D eigenvalue weighted by Gasteiger charge is -2.21. The Hall–Kier alpha value is -2.01. The van der Waals surface area contributed by atoms with Crippen molar-refractivity contribution in [2.45, 2.75) is 32.7 Å². The van der Waals surface area contributed by atoms with Crippen LogP contribution in [0.3, 0.4) is 0 Å². The molecule has 2 aromatic rings. The zero-order valence-electron chi connectivity index (χ0n) is 12.9. The molecule has 0 fully saturated rings. The van der Waals surface area contributed by atoms with Crippen molar-refractivity contribution in [1.29, 1.82) is 0 Å². The highest BCUT2D eigenvalue weighted by atomic mass is 35.5. The molecule has 0 radical (unpaired) electrons. The summed E-state index contributed by atoms with van der Waals surface area (Å²) in [6, 6.07) is 4.84. The van der Waals surface area contributed by atoms with E-state index >= 15 is 0 Å². The lowest BCUT2D eigenvalue weighted by Crippen LogP contribution is -2.33. The molecule has 1 aliphatic carbocycles. The quantitative estimate of drug-likeness (QED) is 0.807. The summed E-state index contributed by atoms with van der Waals surface area (Å²) in [4.78, 5) is 22.4. The van der Waals surface area contributed by atoms with E-state index in [9.17, 15) is 9.18 Å². The molecule has 23 heavy (non-hydrogen) atoms. The van der Waals surface area contributed by atoms with Gasteiger partial charge in [-0.2, -0.15) is 0 Å². The van der Waals surface area contributed by atoms with Crippen molar-refractivity contribution in [2.24, 2.45) is 0 Å². The molecule has 0 aliphatic heterocycles. The molecule has 0 spiro atoms. The summed E-state index contributed by atoms with van der Waals surface area (Å²) >= 11 is 5.72. The highest BCUT2D eigenvalue weighted by molar-refractivity contribution is 6.29. The average Bonchev–Trinajstić information content (AvgIpc) is 3.01. The molecule has 0 N–H and O–H groups in total. The standard InChI is InChI=1S/C17H17ClFN3O/c1-11-4-2-6-14(19)13(11)10-22(16(23)8-18)17-20-9-12-5-3-7-15(12)21-17/h2,4,6,9H,3,5,7-8,10H2,1H3. The maximum absolute atomic E-state index is 14.1. The lowest BCUT2D eigenvalue weighted by molar-refractivity contribution is -0.116. The number of fused-ring (bicyclic) bond motifs is 1. The Morgan fingerprint density at radius 3 is 2.96 bits per heavy atom. The second kappa shape index (κ2) is 6.62. The van der Waals surface area contributed by atoms with Gasteiger partial charge in [-0.3, -0.25) is 9.69 Å². The van der Waals surface area contributed by atoms with Gasteiger partial charge in [0, 0.05) is 17.5 Å². The van der Waals surface area contributed by atoms with E-state index in [0.717, 1.165) is 36.1 Å². The summed E-state index contributed by atoms with van der Waals surface area (Å²) < 4.78 is 14.1. The first-order valence-electron chi connectivity index (χ1n) is 7.55. The molecule has 3 rings (SSSR count). The second-order valence-corrected chi connectivity index (χ2v) is 5.91. The predicted molar refractivity (Wildman–Crippen MR) is 87.1 cm³/mol. The van der Waals surface area contributed by atoms with Crippen LogP contribution in [0.2, 0.25) is 0 Å². The molecule has 0 saturated heterocycles. The van der Waals surface area contributed by atoms with E-state index in [1.807, 2.05) is 13.0 Å². The Morgan fingerprint density at radius 1 is 1.39 bits per heavy atom. The van der Waals surface area contributed by atoms with E-state index in [-0.39, 0.29) is 24.1 Å². The van der Waals surface area contributed by atoms with Gasteiger partial charge in [-0.1, -0.05) is 12.1 Å². The van der Waals surface area contributed by atoms with Crippen LogP contribution in [0.15, 0.2) is 24.4 Å². The summed E-state index contributed by atoms with van der Waals surface area (Å²) in [7, 11) is 0. The second-order valence-electron chi connectivity index (χ2n) is 5.64. The van der Waals surface area contributed by atoms with E-state index in [4.69, 9.17) is 11.6 Å². The minimum Gasteiger partial charge on any atom is -0.275 e. The largest absolute Gasteiger partial charge is 0.275 e. The van der Waals surface area contributed by atoms with Crippen LogP contribution in [0, 0.1) is 12.7 Å². The minimum atomic E-state index is -0.349. The number of nitrogens with zero attached hydrogens (tertiary/aromatic N) is 3. The van der Waals surface area contributed by atoms with Crippen LogP contribution in [0.25, 0.3) is 0 Å². The number of benzene rings is 1. The molecule has 1 aliphatic rings. The fourth-order valence-corrected chi connectivity index (χ4v) is 2.94. The number of carbonyl (C=O) groups excluding carboxylic acids is 1. The molecular formula is C17H17ClFN3O. The van der Waals surface area contributed by atoms with Crippen LogP contribution >= 0.6 is 11.6 Å². The zero-order valence-corrected chi connectivity index (χ0v) is 13.6. The highest BCUT2D eigenvalue weighted by Gasteiger charge is 2.23. The molecule has 0 unspecified atom stereocenters. The van der Waals surface area contributed by atoms with Crippen molar-refractivity contribution in [1.82, 2.24) is 9.97 Å². The van der Waals surface area contributed by atoms with Gasteiger partial charge in [-0.05, 0) is 43.4 Å². The molecule has 0 atom stereocenters.